The number of carbonyl (C=O) groups excluding carboxylic acids is 1. The lowest BCUT2D eigenvalue weighted by Crippen LogP contribution is -2.66. The van der Waals surface area contributed by atoms with E-state index in [1.807, 2.05) is 0 Å². The molecule has 4 aliphatic rings. The third-order valence-electron chi connectivity index (χ3n) is 7.89. The molecule has 2 atom stereocenters. The van der Waals surface area contributed by atoms with E-state index in [0.29, 0.717) is 12.8 Å². The van der Waals surface area contributed by atoms with Gasteiger partial charge in [-0.3, -0.25) is 8.98 Å². The average Bonchev–Trinajstić information content (AvgIpc) is 2.75. The lowest BCUT2D eigenvalue weighted by molar-refractivity contribution is -0.251. The Morgan fingerprint density at radius 2 is 1.24 bits per heavy atom. The van der Waals surface area contributed by atoms with Gasteiger partial charge in [0.2, 0.25) is 0 Å². The Morgan fingerprint density at radius 3 is 1.67 bits per heavy atom. The first-order valence-corrected chi connectivity index (χ1v) is 16.5. The molecule has 246 valence electrons. The summed E-state index contributed by atoms with van der Waals surface area (Å²) in [6.07, 6.45) is -0.446. The standard InChI is InChI=1S/C20H26F9NO9S3/c1-4-14(2,3)13(31)38-15-6-11-5-12(7-15)9-16(8-11,10-15)39-42(36,37)19(25,26)17(21,22)18(23,24)40(32,33)30-41(34,35)20(27,28)29/h11-12,30H,4-10H2,1-3H3. The van der Waals surface area contributed by atoms with Crippen LogP contribution in [0.5, 0.6) is 0 Å². The zero-order chi connectivity index (χ0) is 32.8. The van der Waals surface area contributed by atoms with E-state index in [1.54, 1.807) is 6.92 Å². The summed E-state index contributed by atoms with van der Waals surface area (Å²) in [6, 6.07) is 0. The molecule has 0 aromatic rings. The van der Waals surface area contributed by atoms with Crippen molar-refractivity contribution in [2.45, 2.75) is 98.9 Å². The molecule has 0 radical (unpaired) electrons. The molecule has 0 aromatic heterocycles. The number of ether oxygens (including phenoxy) is 1. The van der Waals surface area contributed by atoms with Crippen molar-refractivity contribution in [3.8, 4) is 0 Å². The van der Waals surface area contributed by atoms with Crippen LogP contribution < -0.4 is 4.13 Å². The van der Waals surface area contributed by atoms with E-state index in [0.717, 1.165) is 0 Å². The molecule has 0 heterocycles. The van der Waals surface area contributed by atoms with Gasteiger partial charge in [-0.2, -0.15) is 47.9 Å². The summed E-state index contributed by atoms with van der Waals surface area (Å²) in [7, 11) is -22.5. The number of esters is 1. The van der Waals surface area contributed by atoms with Crippen molar-refractivity contribution in [3.63, 3.8) is 0 Å². The van der Waals surface area contributed by atoms with Crippen LogP contribution in [0.2, 0.25) is 0 Å². The molecule has 0 aromatic carbocycles. The van der Waals surface area contributed by atoms with Crippen LogP contribution in [-0.2, 0) is 43.9 Å². The lowest BCUT2D eigenvalue weighted by atomic mass is 9.52. The summed E-state index contributed by atoms with van der Waals surface area (Å²) in [5.41, 5.74) is -11.5. The third-order valence-corrected chi connectivity index (χ3v) is 12.6. The van der Waals surface area contributed by atoms with E-state index in [1.165, 1.54) is 13.8 Å². The number of carbonyl (C=O) groups is 1. The Morgan fingerprint density at radius 1 is 0.786 bits per heavy atom. The summed E-state index contributed by atoms with van der Waals surface area (Å²) >= 11 is 0. The van der Waals surface area contributed by atoms with Crippen LogP contribution in [0.4, 0.5) is 39.5 Å². The maximum Gasteiger partial charge on any atom is 0.512 e. The molecule has 4 aliphatic carbocycles. The number of hydrogen-bond donors (Lipinski definition) is 1. The van der Waals surface area contributed by atoms with Gasteiger partial charge < -0.3 is 4.74 Å². The largest absolute Gasteiger partial charge is 0.512 e. The zero-order valence-corrected chi connectivity index (χ0v) is 24.4. The molecule has 4 bridgehead atoms. The highest BCUT2D eigenvalue weighted by Gasteiger charge is 2.84. The second-order valence-electron chi connectivity index (χ2n) is 11.6. The van der Waals surface area contributed by atoms with Gasteiger partial charge in [0.15, 0.2) is 0 Å². The SMILES string of the molecule is CCC(C)(C)C(=O)OC12CC3CC(C1)CC(OS(=O)(=O)C(F)(F)C(F)(F)C(F)(F)S(=O)(=O)NS(=O)(=O)C(F)(F)F)(C3)C2. The normalized spacial score (nSPS) is 29.5. The molecular weight excluding hydrogens is 665 g/mol. The number of hydrogen-bond acceptors (Lipinski definition) is 9. The van der Waals surface area contributed by atoms with E-state index in [-0.39, 0.29) is 25.7 Å². The minimum atomic E-state index is -7.89. The number of rotatable bonds is 11. The maximum atomic E-state index is 14.8. The quantitative estimate of drug-likeness (QED) is 0.193. The Labute approximate surface area is 234 Å². The Balaban J connectivity index is 1.96. The van der Waals surface area contributed by atoms with E-state index in [2.05, 4.69) is 4.18 Å². The van der Waals surface area contributed by atoms with Crippen LogP contribution >= 0.6 is 0 Å². The van der Waals surface area contributed by atoms with Gasteiger partial charge in [-0.1, -0.05) is 11.1 Å². The smallest absolute Gasteiger partial charge is 0.459 e. The molecule has 10 nitrogen and oxygen atoms in total. The molecule has 4 fully saturated rings. The molecule has 0 spiro atoms. The first kappa shape index (κ1) is 35.1. The fourth-order valence-electron chi connectivity index (χ4n) is 5.82. The third kappa shape index (κ3) is 5.50. The molecule has 22 heteroatoms. The topological polar surface area (TPSA) is 150 Å². The summed E-state index contributed by atoms with van der Waals surface area (Å²) in [6.45, 7) is 4.71. The minimum Gasteiger partial charge on any atom is -0.459 e. The van der Waals surface area contributed by atoms with Crippen LogP contribution in [0, 0.1) is 17.3 Å². The fourth-order valence-corrected chi connectivity index (χ4v) is 9.51. The molecule has 0 saturated heterocycles. The van der Waals surface area contributed by atoms with Crippen molar-refractivity contribution >= 4 is 36.1 Å². The Hall–Kier alpha value is -1.39. The lowest BCUT2D eigenvalue weighted by Gasteiger charge is -2.60. The highest BCUT2D eigenvalue weighted by Crippen LogP contribution is 2.62. The van der Waals surface area contributed by atoms with Crippen molar-refractivity contribution in [1.82, 2.24) is 4.13 Å². The predicted molar refractivity (Wildman–Crippen MR) is 122 cm³/mol. The van der Waals surface area contributed by atoms with Crippen LogP contribution in [0.3, 0.4) is 0 Å². The van der Waals surface area contributed by atoms with Gasteiger partial charge in [0, 0.05) is 6.42 Å². The molecule has 4 saturated carbocycles. The maximum absolute atomic E-state index is 14.8. The molecule has 0 aliphatic heterocycles. The molecule has 2 unspecified atom stereocenters. The number of sulfonamides is 2. The van der Waals surface area contributed by atoms with E-state index >= 15 is 0 Å². The van der Waals surface area contributed by atoms with Crippen LogP contribution in [0.1, 0.15) is 65.7 Å². The minimum absolute atomic E-state index is 0.127. The van der Waals surface area contributed by atoms with Crippen LogP contribution in [0.25, 0.3) is 0 Å². The number of halogens is 9. The van der Waals surface area contributed by atoms with E-state index < -0.39 is 97.1 Å². The van der Waals surface area contributed by atoms with Gasteiger partial charge in [0.05, 0.1) is 11.0 Å². The van der Waals surface area contributed by atoms with Crippen LogP contribution in [0.15, 0.2) is 0 Å². The van der Waals surface area contributed by atoms with Gasteiger partial charge in [0.1, 0.15) is 5.60 Å². The molecular formula is C20H26F9NO9S3. The van der Waals surface area contributed by atoms with E-state index in [4.69, 9.17) is 4.74 Å². The zero-order valence-electron chi connectivity index (χ0n) is 21.9. The highest BCUT2D eigenvalue weighted by atomic mass is 32.3. The van der Waals surface area contributed by atoms with Crippen molar-refractivity contribution in [2.75, 3.05) is 0 Å². The monoisotopic (exact) mass is 691 g/mol. The first-order valence-electron chi connectivity index (χ1n) is 12.1. The fraction of sp³-hybridized carbons (Fsp3) is 0.950. The molecule has 0 amide bonds. The highest BCUT2D eigenvalue weighted by molar-refractivity contribution is 8.05. The van der Waals surface area contributed by atoms with Gasteiger partial charge in [0.25, 0.3) is 10.0 Å². The van der Waals surface area contributed by atoms with Crippen molar-refractivity contribution < 1.29 is 78.5 Å². The summed E-state index contributed by atoms with van der Waals surface area (Å²) in [5, 5.41) is -14.6. The number of nitrogens with one attached hydrogen (secondary N) is 1. The van der Waals surface area contributed by atoms with Gasteiger partial charge in [-0.15, -0.1) is 0 Å². The second kappa shape index (κ2) is 9.80. The van der Waals surface area contributed by atoms with Crippen molar-refractivity contribution in [1.29, 1.82) is 0 Å². The molecule has 4 rings (SSSR count). The van der Waals surface area contributed by atoms with Crippen LogP contribution in [-0.4, -0.2) is 64.4 Å². The van der Waals surface area contributed by atoms with Gasteiger partial charge in [-0.05, 0) is 64.2 Å². The Kier molecular flexibility index (Phi) is 8.19. The second-order valence-corrected chi connectivity index (χ2v) is 16.9. The summed E-state index contributed by atoms with van der Waals surface area (Å²) < 4.78 is 204. The predicted octanol–water partition coefficient (Wildman–Crippen LogP) is 3.99. The average molecular weight is 692 g/mol. The first-order chi connectivity index (χ1) is 18.4. The summed E-state index contributed by atoms with van der Waals surface area (Å²) in [5.74, 6) is -9.39. The Bertz CT molecular complexity index is 1430. The van der Waals surface area contributed by atoms with E-state index in [9.17, 15) is 69.6 Å². The molecule has 1 N–H and O–H groups in total. The number of alkyl halides is 9. The van der Waals surface area contributed by atoms with Gasteiger partial charge in [-0.25, -0.2) is 16.8 Å². The van der Waals surface area contributed by atoms with Crippen molar-refractivity contribution in [3.05, 3.63) is 0 Å². The van der Waals surface area contributed by atoms with Gasteiger partial charge >= 0.3 is 48.1 Å². The summed E-state index contributed by atoms with van der Waals surface area (Å²) in [4.78, 5) is 12.8. The van der Waals surface area contributed by atoms with Crippen molar-refractivity contribution in [2.24, 2.45) is 17.3 Å². The molecule has 42 heavy (non-hydrogen) atoms.